The summed E-state index contributed by atoms with van der Waals surface area (Å²) in [5, 5.41) is 2.80. The number of hydrogen-bond donors (Lipinski definition) is 0. The molecule has 0 saturated heterocycles. The fourth-order valence-corrected chi connectivity index (χ4v) is 3.64. The van der Waals surface area contributed by atoms with E-state index in [2.05, 4.69) is 67.2 Å². The Labute approximate surface area is 152 Å². The first-order valence-corrected chi connectivity index (χ1v) is 8.44. The third kappa shape index (κ3) is 7.63. The summed E-state index contributed by atoms with van der Waals surface area (Å²) in [6, 6.07) is 31.2. The van der Waals surface area contributed by atoms with Gasteiger partial charge in [-0.05, 0) is 8.80 Å². The van der Waals surface area contributed by atoms with E-state index in [9.17, 15) is 0 Å². The van der Waals surface area contributed by atoms with Crippen LogP contribution >= 0.6 is 0 Å². The quantitative estimate of drug-likeness (QED) is 0.382. The van der Waals surface area contributed by atoms with Crippen LogP contribution in [0.1, 0.15) is 0 Å². The van der Waals surface area contributed by atoms with Crippen molar-refractivity contribution in [1.82, 2.24) is 0 Å². The minimum absolute atomic E-state index is 0. The van der Waals surface area contributed by atoms with Crippen LogP contribution in [-0.4, -0.2) is 8.80 Å². The minimum atomic E-state index is -1.17. The Morgan fingerprint density at radius 1 is 0.636 bits per heavy atom. The molecular weight excluding hydrogens is 463 g/mol. The summed E-state index contributed by atoms with van der Waals surface area (Å²) in [7, 11) is -1.17. The van der Waals surface area contributed by atoms with E-state index in [1.807, 2.05) is 30.3 Å². The first-order valence-electron chi connectivity index (χ1n) is 6.47. The molecule has 3 aromatic rings. The molecular formula is C20H24PtSi. The second kappa shape index (κ2) is 13.4. The zero-order valence-electron chi connectivity index (χ0n) is 13.3. The van der Waals surface area contributed by atoms with Crippen molar-refractivity contribution in [1.29, 1.82) is 0 Å². The van der Waals surface area contributed by atoms with E-state index in [0.29, 0.717) is 0 Å². The smallest absolute Gasteiger partial charge is 0.358 e. The predicted octanol–water partition coefficient (Wildman–Crippen LogP) is 3.70. The van der Waals surface area contributed by atoms with Crippen LogP contribution in [0.25, 0.3) is 0 Å². The van der Waals surface area contributed by atoms with Gasteiger partial charge in [0.2, 0.25) is 0 Å². The zero-order chi connectivity index (χ0) is 13.3. The molecule has 0 bridgehead atoms. The summed E-state index contributed by atoms with van der Waals surface area (Å²) < 4.78 is 0. The fourth-order valence-electron chi connectivity index (χ4n) is 1.88. The number of hydrogen-bond acceptors (Lipinski definition) is 0. The van der Waals surface area contributed by atoms with Crippen molar-refractivity contribution in [3.63, 3.8) is 0 Å². The summed E-state index contributed by atoms with van der Waals surface area (Å²) in [5.74, 6) is 0. The second-order valence-electron chi connectivity index (χ2n) is 4.34. The Bertz CT molecular complexity index is 490. The predicted molar refractivity (Wildman–Crippen MR) is 99.5 cm³/mol. The average Bonchev–Trinajstić information content (AvgIpc) is 3.08. The maximum atomic E-state index is 4.32. The van der Waals surface area contributed by atoms with Gasteiger partial charge in [0.15, 0.2) is 0 Å². The van der Waals surface area contributed by atoms with Gasteiger partial charge >= 0.3 is 21.1 Å². The molecule has 2 heteroatoms. The zero-order valence-corrected chi connectivity index (χ0v) is 16.7. The van der Waals surface area contributed by atoms with Crippen molar-refractivity contribution in [2.75, 3.05) is 0 Å². The summed E-state index contributed by atoms with van der Waals surface area (Å²) in [6.45, 7) is 4.32. The van der Waals surface area contributed by atoms with Crippen molar-refractivity contribution >= 4 is 19.2 Å². The molecule has 0 aromatic heterocycles. The molecule has 0 heterocycles. The number of benzene rings is 2. The van der Waals surface area contributed by atoms with E-state index in [4.69, 9.17) is 0 Å². The Morgan fingerprint density at radius 2 is 1.00 bits per heavy atom. The first kappa shape index (κ1) is 23.0. The molecule has 0 aliphatic rings. The van der Waals surface area contributed by atoms with Crippen molar-refractivity contribution in [3.8, 4) is 0 Å². The van der Waals surface area contributed by atoms with Crippen LogP contribution in [0.5, 0.6) is 0 Å². The van der Waals surface area contributed by atoms with Crippen LogP contribution in [0.15, 0.2) is 91.0 Å². The van der Waals surface area contributed by atoms with Crippen LogP contribution in [0.4, 0.5) is 0 Å². The molecule has 3 aromatic carbocycles. The van der Waals surface area contributed by atoms with Gasteiger partial charge in [0.1, 0.15) is 0 Å². The maximum Gasteiger partial charge on any atom is 4.00 e. The SMILES string of the molecule is [CH2-][SiH](c1ccccc1)c1ccccc1.[CH3-].[CH3-].[Pt+4].c1cc[cH-]c1. The Balaban J connectivity index is 0. The molecule has 0 fully saturated rings. The molecule has 0 saturated carbocycles. The van der Waals surface area contributed by atoms with Gasteiger partial charge in [-0.25, -0.2) is 12.1 Å². The molecule has 0 aliphatic carbocycles. The van der Waals surface area contributed by atoms with Crippen molar-refractivity contribution in [3.05, 3.63) is 112 Å². The normalized spacial score (nSPS) is 8.45. The van der Waals surface area contributed by atoms with Gasteiger partial charge in [-0.2, -0.15) is 18.2 Å². The van der Waals surface area contributed by atoms with Gasteiger partial charge in [-0.15, -0.1) is 0 Å². The summed E-state index contributed by atoms with van der Waals surface area (Å²) in [4.78, 5) is 0. The summed E-state index contributed by atoms with van der Waals surface area (Å²) >= 11 is 0. The van der Waals surface area contributed by atoms with Gasteiger partial charge in [0, 0.05) is 0 Å². The maximum absolute atomic E-state index is 4.32. The van der Waals surface area contributed by atoms with E-state index in [-0.39, 0.29) is 35.9 Å². The molecule has 0 atom stereocenters. The molecule has 0 amide bonds. The topological polar surface area (TPSA) is 0 Å². The van der Waals surface area contributed by atoms with Crippen molar-refractivity contribution in [2.45, 2.75) is 0 Å². The van der Waals surface area contributed by atoms with Gasteiger partial charge in [-0.1, -0.05) is 71.0 Å². The van der Waals surface area contributed by atoms with E-state index in [0.717, 1.165) is 0 Å². The summed E-state index contributed by atoms with van der Waals surface area (Å²) in [6.07, 6.45) is 0. The fraction of sp³-hybridized carbons (Fsp3) is 0. The standard InChI is InChI=1S/C13H13Si.C5H5.2CH3.Pt/c1-14(12-8-4-2-5-9-12)13-10-6-3-7-11-13;1-2-4-5-3-1;;;/h2-11,14H,1H2;1-5H;2*1H3;/q4*-1;+4. The van der Waals surface area contributed by atoms with Gasteiger partial charge < -0.3 is 21.4 Å². The Hall–Kier alpha value is -1.30. The molecule has 0 nitrogen and oxygen atoms in total. The molecule has 0 N–H and O–H groups in total. The van der Waals surface area contributed by atoms with E-state index in [1.165, 1.54) is 10.4 Å². The van der Waals surface area contributed by atoms with Crippen LogP contribution in [-0.2, 0) is 21.1 Å². The van der Waals surface area contributed by atoms with Crippen LogP contribution in [0.2, 0.25) is 0 Å². The Morgan fingerprint density at radius 3 is 1.27 bits per heavy atom. The van der Waals surface area contributed by atoms with Crippen molar-refractivity contribution < 1.29 is 21.1 Å². The molecule has 0 spiro atoms. The van der Waals surface area contributed by atoms with Gasteiger partial charge in [0.25, 0.3) is 0 Å². The third-order valence-corrected chi connectivity index (χ3v) is 5.34. The largest absolute Gasteiger partial charge is 4.00 e. The van der Waals surface area contributed by atoms with Crippen LogP contribution in [0, 0.1) is 21.4 Å². The van der Waals surface area contributed by atoms with E-state index in [1.54, 1.807) is 0 Å². The van der Waals surface area contributed by atoms with Crippen LogP contribution < -0.4 is 10.4 Å². The molecule has 0 unspecified atom stereocenters. The van der Waals surface area contributed by atoms with Gasteiger partial charge in [-0.3, -0.25) is 0 Å². The molecule has 0 aliphatic heterocycles. The van der Waals surface area contributed by atoms with Crippen LogP contribution in [0.3, 0.4) is 0 Å². The first-order chi connectivity index (χ1) is 9.38. The molecule has 118 valence electrons. The van der Waals surface area contributed by atoms with Gasteiger partial charge in [0.05, 0.1) is 0 Å². The average molecular weight is 488 g/mol. The second-order valence-corrected chi connectivity index (χ2v) is 6.77. The summed E-state index contributed by atoms with van der Waals surface area (Å²) in [5.41, 5.74) is 0. The van der Waals surface area contributed by atoms with E-state index < -0.39 is 8.80 Å². The molecule has 22 heavy (non-hydrogen) atoms. The number of rotatable bonds is 2. The molecule has 3 rings (SSSR count). The third-order valence-electron chi connectivity index (χ3n) is 2.96. The monoisotopic (exact) mass is 487 g/mol. The Kier molecular flexibility index (Phi) is 14.0. The minimum Gasteiger partial charge on any atom is -0.358 e. The van der Waals surface area contributed by atoms with E-state index >= 15 is 0 Å². The van der Waals surface area contributed by atoms with Crippen molar-refractivity contribution in [2.24, 2.45) is 0 Å². The molecule has 0 radical (unpaired) electrons.